The number of para-hydroxylation sites is 1. The third-order valence-electron chi connectivity index (χ3n) is 5.83. The Hall–Kier alpha value is -3.31. The number of hydrogen-bond donors (Lipinski definition) is 3. The molecule has 0 saturated heterocycles. The van der Waals surface area contributed by atoms with Crippen LogP contribution < -0.4 is 14.8 Å². The van der Waals surface area contributed by atoms with Crippen molar-refractivity contribution in [2.75, 3.05) is 32.0 Å². The number of hydrogen-bond acceptors (Lipinski definition) is 5. The summed E-state index contributed by atoms with van der Waals surface area (Å²) in [6.07, 6.45) is 0.667. The molecule has 36 heavy (non-hydrogen) atoms. The van der Waals surface area contributed by atoms with E-state index < -0.39 is 10.2 Å². The van der Waals surface area contributed by atoms with Gasteiger partial charge in [-0.1, -0.05) is 84.1 Å². The summed E-state index contributed by atoms with van der Waals surface area (Å²) < 4.78 is 29.3. The first-order valence-electron chi connectivity index (χ1n) is 11.6. The van der Waals surface area contributed by atoms with Gasteiger partial charge in [0, 0.05) is 32.6 Å². The molecule has 4 rings (SSSR count). The van der Waals surface area contributed by atoms with E-state index in [9.17, 15) is 13.2 Å². The normalized spacial score (nSPS) is 11.6. The van der Waals surface area contributed by atoms with Gasteiger partial charge in [0.1, 0.15) is 0 Å². The van der Waals surface area contributed by atoms with Gasteiger partial charge in [0.2, 0.25) is 0 Å². The summed E-state index contributed by atoms with van der Waals surface area (Å²) >= 11 is 1.40. The fourth-order valence-electron chi connectivity index (χ4n) is 3.98. The van der Waals surface area contributed by atoms with Gasteiger partial charge >= 0.3 is 6.03 Å². The second kappa shape index (κ2) is 12.1. The summed E-state index contributed by atoms with van der Waals surface area (Å²) in [5.41, 5.74) is 3.14. The SMILES string of the molecule is CNS(=O)(=O)NCCN(CCC(c1ccccc1)c1ccccc1)C(=O)Nc1nc2ccccc2s1. The number of urea groups is 1. The van der Waals surface area contributed by atoms with Gasteiger partial charge in [-0.3, -0.25) is 5.32 Å². The van der Waals surface area contributed by atoms with E-state index in [1.807, 2.05) is 60.7 Å². The number of anilines is 1. The van der Waals surface area contributed by atoms with Gasteiger partial charge in [0.05, 0.1) is 10.2 Å². The van der Waals surface area contributed by atoms with Crippen molar-refractivity contribution in [3.8, 4) is 0 Å². The van der Waals surface area contributed by atoms with Crippen molar-refractivity contribution in [2.24, 2.45) is 0 Å². The molecule has 0 atom stereocenters. The van der Waals surface area contributed by atoms with Crippen LogP contribution in [-0.4, -0.2) is 51.0 Å². The molecular weight excluding hydrogens is 494 g/mol. The Bertz CT molecular complexity index is 1310. The Kier molecular flexibility index (Phi) is 8.65. The lowest BCUT2D eigenvalue weighted by Gasteiger charge is -2.26. The first-order valence-corrected chi connectivity index (χ1v) is 13.9. The molecule has 0 spiro atoms. The molecule has 1 aromatic heterocycles. The molecule has 3 aromatic carbocycles. The van der Waals surface area contributed by atoms with Crippen molar-refractivity contribution in [1.29, 1.82) is 0 Å². The van der Waals surface area contributed by atoms with Gasteiger partial charge < -0.3 is 4.90 Å². The summed E-state index contributed by atoms with van der Waals surface area (Å²) in [5, 5.41) is 3.40. The number of nitrogens with one attached hydrogen (secondary N) is 3. The highest BCUT2D eigenvalue weighted by molar-refractivity contribution is 7.87. The average molecular weight is 524 g/mol. The van der Waals surface area contributed by atoms with E-state index in [4.69, 9.17) is 0 Å². The van der Waals surface area contributed by atoms with E-state index in [0.29, 0.717) is 18.1 Å². The molecule has 1 heterocycles. The molecule has 4 aromatic rings. The molecule has 8 nitrogen and oxygen atoms in total. The van der Waals surface area contributed by atoms with E-state index in [2.05, 4.69) is 44.0 Å². The zero-order chi connectivity index (χ0) is 25.4. The molecule has 2 amide bonds. The quantitative estimate of drug-likeness (QED) is 0.271. The number of rotatable bonds is 11. The van der Waals surface area contributed by atoms with Gasteiger partial charge in [0.25, 0.3) is 10.2 Å². The summed E-state index contributed by atoms with van der Waals surface area (Å²) in [6.45, 7) is 0.707. The number of amides is 2. The first-order chi connectivity index (χ1) is 17.4. The van der Waals surface area contributed by atoms with Crippen LogP contribution in [0.25, 0.3) is 10.2 Å². The molecule has 0 aliphatic rings. The number of aromatic nitrogens is 1. The van der Waals surface area contributed by atoms with Crippen molar-refractivity contribution in [3.05, 3.63) is 96.1 Å². The Morgan fingerprint density at radius 1 is 0.917 bits per heavy atom. The first kappa shape index (κ1) is 25.8. The van der Waals surface area contributed by atoms with Crippen LogP contribution in [0.1, 0.15) is 23.5 Å². The Balaban J connectivity index is 1.52. The number of carbonyl (C=O) groups is 1. The Morgan fingerprint density at radius 2 is 1.53 bits per heavy atom. The molecule has 10 heteroatoms. The lowest BCUT2D eigenvalue weighted by Crippen LogP contribution is -2.43. The highest BCUT2D eigenvalue weighted by Crippen LogP contribution is 2.29. The number of benzene rings is 3. The Morgan fingerprint density at radius 3 is 2.14 bits per heavy atom. The lowest BCUT2D eigenvalue weighted by atomic mass is 9.88. The Labute approximate surface area is 215 Å². The van der Waals surface area contributed by atoms with E-state index in [1.54, 1.807) is 4.90 Å². The van der Waals surface area contributed by atoms with Crippen LogP contribution in [0.4, 0.5) is 9.93 Å². The zero-order valence-corrected chi connectivity index (χ0v) is 21.6. The van der Waals surface area contributed by atoms with Crippen LogP contribution in [0, 0.1) is 0 Å². The minimum atomic E-state index is -3.60. The van der Waals surface area contributed by atoms with E-state index >= 15 is 0 Å². The molecule has 0 saturated carbocycles. The molecule has 0 bridgehead atoms. The van der Waals surface area contributed by atoms with Crippen molar-refractivity contribution in [1.82, 2.24) is 19.3 Å². The van der Waals surface area contributed by atoms with Crippen LogP contribution in [0.3, 0.4) is 0 Å². The lowest BCUT2D eigenvalue weighted by molar-refractivity contribution is 0.211. The maximum atomic E-state index is 13.3. The molecule has 188 valence electrons. The summed E-state index contributed by atoms with van der Waals surface area (Å²) in [7, 11) is -2.27. The van der Waals surface area contributed by atoms with Gasteiger partial charge in [-0.25, -0.2) is 19.2 Å². The minimum Gasteiger partial charge on any atom is -0.323 e. The van der Waals surface area contributed by atoms with Gasteiger partial charge in [0.15, 0.2) is 5.13 Å². The molecule has 3 N–H and O–H groups in total. The third kappa shape index (κ3) is 6.88. The third-order valence-corrected chi connectivity index (χ3v) is 7.90. The molecular formula is C26H29N5O3S2. The molecule has 0 fully saturated rings. The number of fused-ring (bicyclic) bond motifs is 1. The van der Waals surface area contributed by atoms with E-state index in [1.165, 1.54) is 18.4 Å². The second-order valence-electron chi connectivity index (χ2n) is 8.17. The summed E-state index contributed by atoms with van der Waals surface area (Å²) in [5.74, 6) is 0.0825. The maximum Gasteiger partial charge on any atom is 0.323 e. The molecule has 0 aliphatic carbocycles. The molecule has 0 aliphatic heterocycles. The summed E-state index contributed by atoms with van der Waals surface area (Å²) in [6, 6.07) is 27.7. The van der Waals surface area contributed by atoms with Crippen LogP contribution in [0.5, 0.6) is 0 Å². The number of thiazole rings is 1. The van der Waals surface area contributed by atoms with Crippen molar-refractivity contribution >= 4 is 42.9 Å². The van der Waals surface area contributed by atoms with Crippen LogP contribution >= 0.6 is 11.3 Å². The highest BCUT2D eigenvalue weighted by atomic mass is 32.2. The predicted molar refractivity (Wildman–Crippen MR) is 146 cm³/mol. The number of nitrogens with zero attached hydrogens (tertiary/aromatic N) is 2. The van der Waals surface area contributed by atoms with Gasteiger partial charge in [-0.05, 0) is 29.7 Å². The zero-order valence-electron chi connectivity index (χ0n) is 19.9. The topological polar surface area (TPSA) is 103 Å². The van der Waals surface area contributed by atoms with Crippen LogP contribution in [0.2, 0.25) is 0 Å². The maximum absolute atomic E-state index is 13.3. The molecule has 0 unspecified atom stereocenters. The number of carbonyl (C=O) groups excluding carboxylic acids is 1. The molecule has 0 radical (unpaired) electrons. The monoisotopic (exact) mass is 523 g/mol. The fourth-order valence-corrected chi connectivity index (χ4v) is 5.34. The van der Waals surface area contributed by atoms with Crippen molar-refractivity contribution in [2.45, 2.75) is 12.3 Å². The summed E-state index contributed by atoms with van der Waals surface area (Å²) in [4.78, 5) is 19.4. The standard InChI is InChI=1S/C26H29N5O3S2/c1-27-36(33,34)28-17-19-31(26(32)30-25-29-23-14-8-9-15-24(23)35-25)18-16-22(20-10-4-2-5-11-20)21-12-6-3-7-13-21/h2-15,22,27-28H,16-19H2,1H3,(H,29,30,32). The van der Waals surface area contributed by atoms with Gasteiger partial charge in [-0.15, -0.1) is 0 Å². The average Bonchev–Trinajstić information content (AvgIpc) is 3.31. The van der Waals surface area contributed by atoms with E-state index in [0.717, 1.165) is 21.3 Å². The van der Waals surface area contributed by atoms with Crippen molar-refractivity contribution < 1.29 is 13.2 Å². The van der Waals surface area contributed by atoms with Gasteiger partial charge in [-0.2, -0.15) is 8.42 Å². The fraction of sp³-hybridized carbons (Fsp3) is 0.231. The van der Waals surface area contributed by atoms with Crippen LogP contribution in [-0.2, 0) is 10.2 Å². The predicted octanol–water partition coefficient (Wildman–Crippen LogP) is 4.41. The smallest absolute Gasteiger partial charge is 0.323 e. The largest absolute Gasteiger partial charge is 0.323 e. The van der Waals surface area contributed by atoms with E-state index in [-0.39, 0.29) is 25.0 Å². The van der Waals surface area contributed by atoms with Crippen molar-refractivity contribution in [3.63, 3.8) is 0 Å². The minimum absolute atomic E-state index is 0.0811. The van der Waals surface area contributed by atoms with Crippen LogP contribution in [0.15, 0.2) is 84.9 Å². The highest BCUT2D eigenvalue weighted by Gasteiger charge is 2.20. The second-order valence-corrected chi connectivity index (χ2v) is 10.9.